The monoisotopic (exact) mass is 335 g/mol. The summed E-state index contributed by atoms with van der Waals surface area (Å²) < 4.78 is 23.0. The van der Waals surface area contributed by atoms with Crippen molar-refractivity contribution in [3.8, 4) is 0 Å². The van der Waals surface area contributed by atoms with Gasteiger partial charge in [0, 0.05) is 12.7 Å². The van der Waals surface area contributed by atoms with Gasteiger partial charge < -0.3 is 5.32 Å². The summed E-state index contributed by atoms with van der Waals surface area (Å²) >= 11 is 0. The molecule has 0 heterocycles. The summed E-state index contributed by atoms with van der Waals surface area (Å²) in [5.41, 5.74) is 0.931. The van der Waals surface area contributed by atoms with E-state index in [1.54, 1.807) is 24.3 Å². The van der Waals surface area contributed by atoms with E-state index in [4.69, 9.17) is 0 Å². The summed E-state index contributed by atoms with van der Waals surface area (Å²) in [6, 6.07) is 6.66. The zero-order valence-electron chi connectivity index (χ0n) is 13.8. The van der Waals surface area contributed by atoms with Crippen LogP contribution in [0.2, 0.25) is 0 Å². The lowest BCUT2D eigenvalue weighted by molar-refractivity contribution is -0.123. The third-order valence-corrected chi connectivity index (χ3v) is 6.19. The van der Waals surface area contributed by atoms with Crippen LogP contribution in [0.25, 0.3) is 0 Å². The lowest BCUT2D eigenvalue weighted by atomic mass is 9.93. The summed E-state index contributed by atoms with van der Waals surface area (Å²) in [6.45, 7) is 1.94. The molecule has 1 N–H and O–H groups in total. The fraction of sp³-hybridized carbons (Fsp3) is 0.611. The van der Waals surface area contributed by atoms with E-state index in [1.165, 1.54) is 31.9 Å². The Hall–Kier alpha value is -1.36. The molecule has 3 rings (SSSR count). The van der Waals surface area contributed by atoms with Gasteiger partial charge in [0.1, 0.15) is 0 Å². The lowest BCUT2D eigenvalue weighted by Gasteiger charge is -2.19. The molecule has 0 unspecified atom stereocenters. The highest BCUT2D eigenvalue weighted by molar-refractivity contribution is 7.90. The van der Waals surface area contributed by atoms with Crippen molar-refractivity contribution in [3.05, 3.63) is 29.8 Å². The molecule has 23 heavy (non-hydrogen) atoms. The van der Waals surface area contributed by atoms with Crippen LogP contribution in [0.1, 0.15) is 50.6 Å². The van der Waals surface area contributed by atoms with Crippen molar-refractivity contribution in [2.24, 2.45) is 17.8 Å². The first kappa shape index (κ1) is 16.5. The molecule has 0 bridgehead atoms. The Balaban J connectivity index is 1.57. The normalized spacial score (nSPS) is 19.6. The number of hydrogen-bond acceptors (Lipinski definition) is 3. The molecule has 2 fully saturated rings. The number of nitrogens with one attached hydrogen (secondary N) is 1. The number of carbonyl (C=O) groups is 1. The minimum absolute atomic E-state index is 0.102. The Kier molecular flexibility index (Phi) is 4.50. The molecule has 5 heteroatoms. The van der Waals surface area contributed by atoms with Crippen LogP contribution in [0.3, 0.4) is 0 Å². The highest BCUT2D eigenvalue weighted by atomic mass is 32.2. The first-order valence-corrected chi connectivity index (χ1v) is 10.3. The van der Waals surface area contributed by atoms with E-state index in [0.717, 1.165) is 17.4 Å². The molecule has 0 aromatic heterocycles. The Morgan fingerprint density at radius 1 is 1.13 bits per heavy atom. The first-order chi connectivity index (χ1) is 10.8. The van der Waals surface area contributed by atoms with Crippen LogP contribution in [-0.4, -0.2) is 20.6 Å². The minimum atomic E-state index is -3.18. The Bertz CT molecular complexity index is 661. The van der Waals surface area contributed by atoms with Crippen molar-refractivity contribution in [1.82, 2.24) is 5.32 Å². The summed E-state index contributed by atoms with van der Waals surface area (Å²) in [6.07, 6.45) is 6.99. The molecule has 4 nitrogen and oxygen atoms in total. The maximum absolute atomic E-state index is 12.3. The maximum atomic E-state index is 12.3. The highest BCUT2D eigenvalue weighted by Gasteiger charge is 2.42. The van der Waals surface area contributed by atoms with Crippen LogP contribution in [-0.2, 0) is 14.6 Å². The molecule has 1 aromatic carbocycles. The molecular formula is C18H25NO3S. The number of sulfone groups is 1. The van der Waals surface area contributed by atoms with E-state index >= 15 is 0 Å². The summed E-state index contributed by atoms with van der Waals surface area (Å²) in [7, 11) is -3.18. The molecule has 1 amide bonds. The van der Waals surface area contributed by atoms with Gasteiger partial charge in [0.25, 0.3) is 0 Å². The molecule has 2 saturated carbocycles. The van der Waals surface area contributed by atoms with Crippen molar-refractivity contribution in [3.63, 3.8) is 0 Å². The third-order valence-electron chi connectivity index (χ3n) is 5.06. The predicted octanol–water partition coefficient (Wildman–Crippen LogP) is 3.09. The molecule has 1 aromatic rings. The van der Waals surface area contributed by atoms with Gasteiger partial charge in [-0.25, -0.2) is 8.42 Å². The van der Waals surface area contributed by atoms with Gasteiger partial charge in [0.15, 0.2) is 9.84 Å². The van der Waals surface area contributed by atoms with E-state index < -0.39 is 9.84 Å². The molecule has 0 saturated heterocycles. The Morgan fingerprint density at radius 2 is 1.65 bits per heavy atom. The lowest BCUT2D eigenvalue weighted by Crippen LogP contribution is -2.29. The SMILES string of the molecule is C[C@@H](NC(=O)CC(C1CC1)C1CC1)c1ccc(S(C)(=O)=O)cc1. The van der Waals surface area contributed by atoms with E-state index in [1.807, 2.05) is 6.92 Å². The summed E-state index contributed by atoms with van der Waals surface area (Å²) in [5, 5.41) is 3.06. The fourth-order valence-electron chi connectivity index (χ4n) is 3.37. The van der Waals surface area contributed by atoms with Gasteiger partial charge in [-0.1, -0.05) is 12.1 Å². The first-order valence-electron chi connectivity index (χ1n) is 8.44. The van der Waals surface area contributed by atoms with Crippen molar-refractivity contribution >= 4 is 15.7 Å². The largest absolute Gasteiger partial charge is 0.350 e. The van der Waals surface area contributed by atoms with Gasteiger partial charge in [0.2, 0.25) is 5.91 Å². The molecule has 0 aliphatic heterocycles. The van der Waals surface area contributed by atoms with Gasteiger partial charge in [-0.2, -0.15) is 0 Å². The number of hydrogen-bond donors (Lipinski definition) is 1. The molecule has 2 aliphatic rings. The van der Waals surface area contributed by atoms with Gasteiger partial charge in [0.05, 0.1) is 10.9 Å². The number of rotatable bonds is 7. The van der Waals surface area contributed by atoms with Gasteiger partial charge in [-0.15, -0.1) is 0 Å². The van der Waals surface area contributed by atoms with Crippen molar-refractivity contribution in [1.29, 1.82) is 0 Å². The van der Waals surface area contributed by atoms with Crippen LogP contribution in [0.4, 0.5) is 0 Å². The minimum Gasteiger partial charge on any atom is -0.350 e. The van der Waals surface area contributed by atoms with E-state index in [9.17, 15) is 13.2 Å². The molecule has 0 spiro atoms. The van der Waals surface area contributed by atoms with Gasteiger partial charge in [-0.3, -0.25) is 4.79 Å². The van der Waals surface area contributed by atoms with Crippen LogP contribution < -0.4 is 5.32 Å². The summed E-state index contributed by atoms with van der Waals surface area (Å²) in [5.74, 6) is 2.25. The van der Waals surface area contributed by atoms with Crippen molar-refractivity contribution < 1.29 is 13.2 Å². The smallest absolute Gasteiger partial charge is 0.220 e. The zero-order valence-corrected chi connectivity index (χ0v) is 14.6. The number of amides is 1. The van der Waals surface area contributed by atoms with Crippen LogP contribution in [0, 0.1) is 17.8 Å². The maximum Gasteiger partial charge on any atom is 0.220 e. The van der Waals surface area contributed by atoms with Crippen LogP contribution in [0.15, 0.2) is 29.2 Å². The number of carbonyl (C=O) groups excluding carboxylic acids is 1. The Morgan fingerprint density at radius 3 is 2.09 bits per heavy atom. The number of benzene rings is 1. The predicted molar refractivity (Wildman–Crippen MR) is 89.7 cm³/mol. The summed E-state index contributed by atoms with van der Waals surface area (Å²) in [4.78, 5) is 12.6. The average molecular weight is 335 g/mol. The second-order valence-corrected chi connectivity index (χ2v) is 9.19. The molecule has 2 aliphatic carbocycles. The quantitative estimate of drug-likeness (QED) is 0.833. The molecule has 126 valence electrons. The highest BCUT2D eigenvalue weighted by Crippen LogP contribution is 2.50. The van der Waals surface area contributed by atoms with Crippen LogP contribution >= 0.6 is 0 Å². The fourth-order valence-corrected chi connectivity index (χ4v) is 4.00. The van der Waals surface area contributed by atoms with Crippen molar-refractivity contribution in [2.45, 2.75) is 50.0 Å². The standard InChI is InChI=1S/C18H25NO3S/c1-12(13-7-9-16(10-8-13)23(2,21)22)19-18(20)11-17(14-3-4-14)15-5-6-15/h7-10,12,14-15,17H,3-6,11H2,1-2H3,(H,19,20)/t12-/m1/s1. The molecular weight excluding hydrogens is 310 g/mol. The second-order valence-electron chi connectivity index (χ2n) is 7.17. The van der Waals surface area contributed by atoms with Gasteiger partial charge in [-0.05, 0) is 68.1 Å². The van der Waals surface area contributed by atoms with E-state index in [0.29, 0.717) is 17.2 Å². The molecule has 1 atom stereocenters. The van der Waals surface area contributed by atoms with E-state index in [2.05, 4.69) is 5.32 Å². The Labute approximate surface area is 138 Å². The van der Waals surface area contributed by atoms with Crippen LogP contribution in [0.5, 0.6) is 0 Å². The zero-order chi connectivity index (χ0) is 16.6. The molecule has 0 radical (unpaired) electrons. The topological polar surface area (TPSA) is 63.2 Å². The van der Waals surface area contributed by atoms with Gasteiger partial charge >= 0.3 is 0 Å². The van der Waals surface area contributed by atoms with Crippen molar-refractivity contribution in [2.75, 3.05) is 6.26 Å². The third kappa shape index (κ3) is 4.34. The average Bonchev–Trinajstić information content (AvgIpc) is 3.37. The second kappa shape index (κ2) is 6.27. The van der Waals surface area contributed by atoms with E-state index in [-0.39, 0.29) is 11.9 Å².